The SMILES string of the molecule is CC(C)=N/N=C1\NC(=O)[C@H](CC(=O)Nc2ccc(Br)cc2)S1. The number of amidine groups is 1. The molecule has 0 aliphatic carbocycles. The number of thioether (sulfide) groups is 1. The van der Waals surface area contributed by atoms with Crippen LogP contribution in [0.5, 0.6) is 0 Å². The second-order valence-electron chi connectivity index (χ2n) is 4.81. The van der Waals surface area contributed by atoms with Gasteiger partial charge in [0.05, 0.1) is 0 Å². The summed E-state index contributed by atoms with van der Waals surface area (Å²) in [6, 6.07) is 7.25. The van der Waals surface area contributed by atoms with Gasteiger partial charge >= 0.3 is 0 Å². The number of hydrogen-bond donors (Lipinski definition) is 2. The van der Waals surface area contributed by atoms with Crippen molar-refractivity contribution >= 4 is 56.1 Å². The molecule has 0 aromatic heterocycles. The van der Waals surface area contributed by atoms with Gasteiger partial charge in [0.1, 0.15) is 5.25 Å². The van der Waals surface area contributed by atoms with Gasteiger partial charge in [-0.25, -0.2) is 0 Å². The Bertz CT molecular complexity index is 639. The number of nitrogens with zero attached hydrogens (tertiary/aromatic N) is 2. The van der Waals surface area contributed by atoms with Gasteiger partial charge in [-0.2, -0.15) is 5.10 Å². The molecule has 116 valence electrons. The molecule has 0 spiro atoms. The van der Waals surface area contributed by atoms with E-state index < -0.39 is 5.25 Å². The van der Waals surface area contributed by atoms with Crippen molar-refractivity contribution in [2.24, 2.45) is 10.2 Å². The van der Waals surface area contributed by atoms with Gasteiger partial charge in [0.15, 0.2) is 5.17 Å². The Kier molecular flexibility index (Phi) is 5.73. The summed E-state index contributed by atoms with van der Waals surface area (Å²) in [7, 11) is 0. The van der Waals surface area contributed by atoms with E-state index in [0.29, 0.717) is 10.9 Å². The molecule has 8 heteroatoms. The van der Waals surface area contributed by atoms with Gasteiger partial charge in [0.2, 0.25) is 11.8 Å². The molecule has 1 heterocycles. The zero-order chi connectivity index (χ0) is 16.1. The second kappa shape index (κ2) is 7.55. The van der Waals surface area contributed by atoms with E-state index >= 15 is 0 Å². The number of rotatable bonds is 4. The molecular formula is C14H15BrN4O2S. The lowest BCUT2D eigenvalue weighted by molar-refractivity contribution is -0.122. The highest BCUT2D eigenvalue weighted by molar-refractivity contribution is 9.10. The van der Waals surface area contributed by atoms with Gasteiger partial charge < -0.3 is 10.6 Å². The number of halogens is 1. The maximum absolute atomic E-state index is 12.0. The van der Waals surface area contributed by atoms with E-state index in [1.165, 1.54) is 11.8 Å². The van der Waals surface area contributed by atoms with Crippen LogP contribution in [0.3, 0.4) is 0 Å². The average Bonchev–Trinajstić information content (AvgIpc) is 2.79. The van der Waals surface area contributed by atoms with Crippen molar-refractivity contribution in [3.8, 4) is 0 Å². The fraction of sp³-hybridized carbons (Fsp3) is 0.286. The maximum atomic E-state index is 12.0. The van der Waals surface area contributed by atoms with Crippen LogP contribution in [-0.4, -0.2) is 27.9 Å². The third-order valence-electron chi connectivity index (χ3n) is 2.62. The third kappa shape index (κ3) is 4.96. The molecule has 0 saturated carbocycles. The summed E-state index contributed by atoms with van der Waals surface area (Å²) in [5.74, 6) is -0.440. The van der Waals surface area contributed by atoms with Crippen LogP contribution in [-0.2, 0) is 9.59 Å². The molecule has 1 atom stereocenters. The monoisotopic (exact) mass is 382 g/mol. The van der Waals surface area contributed by atoms with Crippen LogP contribution in [0, 0.1) is 0 Å². The summed E-state index contributed by atoms with van der Waals surface area (Å²) < 4.78 is 0.934. The van der Waals surface area contributed by atoms with Crippen LogP contribution in [0.1, 0.15) is 20.3 Å². The van der Waals surface area contributed by atoms with Crippen LogP contribution in [0.4, 0.5) is 5.69 Å². The number of hydrogen-bond acceptors (Lipinski definition) is 5. The largest absolute Gasteiger partial charge is 0.326 e. The Morgan fingerprint density at radius 1 is 1.36 bits per heavy atom. The highest BCUT2D eigenvalue weighted by Gasteiger charge is 2.32. The predicted molar refractivity (Wildman–Crippen MR) is 93.1 cm³/mol. The molecule has 1 aromatic carbocycles. The smallest absolute Gasteiger partial charge is 0.240 e. The first kappa shape index (κ1) is 16.7. The Labute approximate surface area is 141 Å². The van der Waals surface area contributed by atoms with E-state index in [4.69, 9.17) is 0 Å². The Balaban J connectivity index is 1.92. The molecule has 1 aliphatic heterocycles. The summed E-state index contributed by atoms with van der Waals surface area (Å²) in [4.78, 5) is 23.8. The number of amides is 2. The molecule has 1 aliphatic rings. The van der Waals surface area contributed by atoms with Crippen LogP contribution in [0.15, 0.2) is 38.9 Å². The van der Waals surface area contributed by atoms with E-state index in [1.807, 2.05) is 26.0 Å². The van der Waals surface area contributed by atoms with E-state index in [0.717, 1.165) is 10.2 Å². The molecule has 2 rings (SSSR count). The molecule has 0 bridgehead atoms. The van der Waals surface area contributed by atoms with E-state index in [9.17, 15) is 9.59 Å². The summed E-state index contributed by atoms with van der Waals surface area (Å²) in [6.45, 7) is 3.63. The normalized spacial score (nSPS) is 19.0. The highest BCUT2D eigenvalue weighted by Crippen LogP contribution is 2.23. The summed E-state index contributed by atoms with van der Waals surface area (Å²) >= 11 is 4.55. The van der Waals surface area contributed by atoms with E-state index in [1.54, 1.807) is 12.1 Å². The molecular weight excluding hydrogens is 368 g/mol. The minimum atomic E-state index is -0.485. The van der Waals surface area contributed by atoms with Crippen LogP contribution in [0.25, 0.3) is 0 Å². The van der Waals surface area contributed by atoms with Crippen LogP contribution in [0.2, 0.25) is 0 Å². The van der Waals surface area contributed by atoms with Gasteiger partial charge in [0, 0.05) is 22.3 Å². The predicted octanol–water partition coefficient (Wildman–Crippen LogP) is 2.76. The van der Waals surface area contributed by atoms with Gasteiger partial charge in [0.25, 0.3) is 0 Å². The van der Waals surface area contributed by atoms with Crippen molar-refractivity contribution < 1.29 is 9.59 Å². The van der Waals surface area contributed by atoms with Crippen molar-refractivity contribution in [3.05, 3.63) is 28.7 Å². The molecule has 0 unspecified atom stereocenters. The fourth-order valence-electron chi connectivity index (χ4n) is 1.65. The van der Waals surface area contributed by atoms with Gasteiger partial charge in [-0.15, -0.1) is 5.10 Å². The molecule has 2 N–H and O–H groups in total. The standard InChI is InChI=1S/C14H15BrN4O2S/c1-8(2)18-19-14-17-13(21)11(22-14)7-12(20)16-10-5-3-9(15)4-6-10/h3-6,11H,7H2,1-2H3,(H,16,20)(H,17,19,21)/t11-/m0/s1. The van der Waals surface area contributed by atoms with Crippen molar-refractivity contribution in [1.82, 2.24) is 5.32 Å². The van der Waals surface area contributed by atoms with Gasteiger partial charge in [-0.1, -0.05) is 27.7 Å². The summed E-state index contributed by atoms with van der Waals surface area (Å²) in [6.07, 6.45) is 0.0837. The Hall–Kier alpha value is -1.67. The lowest BCUT2D eigenvalue weighted by atomic mass is 10.2. The lowest BCUT2D eigenvalue weighted by Crippen LogP contribution is -2.28. The Morgan fingerprint density at radius 2 is 2.05 bits per heavy atom. The van der Waals surface area contributed by atoms with Crippen molar-refractivity contribution in [2.45, 2.75) is 25.5 Å². The van der Waals surface area contributed by atoms with Crippen molar-refractivity contribution in [2.75, 3.05) is 5.32 Å². The quantitative estimate of drug-likeness (QED) is 0.620. The van der Waals surface area contributed by atoms with Gasteiger partial charge in [-0.05, 0) is 38.1 Å². The number of carbonyl (C=O) groups is 2. The van der Waals surface area contributed by atoms with E-state index in [-0.39, 0.29) is 18.2 Å². The number of nitrogens with one attached hydrogen (secondary N) is 2. The van der Waals surface area contributed by atoms with Crippen LogP contribution >= 0.6 is 27.7 Å². The zero-order valence-electron chi connectivity index (χ0n) is 12.1. The molecule has 1 aromatic rings. The first-order valence-electron chi connectivity index (χ1n) is 6.56. The Morgan fingerprint density at radius 3 is 2.68 bits per heavy atom. The van der Waals surface area contributed by atoms with Crippen molar-refractivity contribution in [1.29, 1.82) is 0 Å². The van der Waals surface area contributed by atoms with Gasteiger partial charge in [-0.3, -0.25) is 9.59 Å². The number of benzene rings is 1. The highest BCUT2D eigenvalue weighted by atomic mass is 79.9. The number of anilines is 1. The van der Waals surface area contributed by atoms with E-state index in [2.05, 4.69) is 36.8 Å². The molecule has 1 fully saturated rings. The minimum Gasteiger partial charge on any atom is -0.326 e. The first-order valence-corrected chi connectivity index (χ1v) is 8.23. The van der Waals surface area contributed by atoms with Crippen LogP contribution < -0.4 is 10.6 Å². The minimum absolute atomic E-state index is 0.0837. The fourth-order valence-corrected chi connectivity index (χ4v) is 2.83. The summed E-state index contributed by atoms with van der Waals surface area (Å²) in [5.41, 5.74) is 1.48. The molecule has 0 radical (unpaired) electrons. The molecule has 2 amide bonds. The molecule has 6 nitrogen and oxygen atoms in total. The molecule has 1 saturated heterocycles. The zero-order valence-corrected chi connectivity index (χ0v) is 14.5. The maximum Gasteiger partial charge on any atom is 0.240 e. The lowest BCUT2D eigenvalue weighted by Gasteiger charge is -2.07. The third-order valence-corrected chi connectivity index (χ3v) is 4.22. The topological polar surface area (TPSA) is 82.9 Å². The second-order valence-corrected chi connectivity index (χ2v) is 6.91. The number of carbonyl (C=O) groups excluding carboxylic acids is 2. The first-order chi connectivity index (χ1) is 10.4. The van der Waals surface area contributed by atoms with Crippen molar-refractivity contribution in [3.63, 3.8) is 0 Å². The average molecular weight is 383 g/mol. The summed E-state index contributed by atoms with van der Waals surface area (Å²) in [5, 5.41) is 13.1. The molecule has 22 heavy (non-hydrogen) atoms.